The van der Waals surface area contributed by atoms with E-state index in [1.54, 1.807) is 12.1 Å². The van der Waals surface area contributed by atoms with Gasteiger partial charge in [0, 0.05) is 17.8 Å². The average Bonchev–Trinajstić information content (AvgIpc) is 2.70. The lowest BCUT2D eigenvalue weighted by Gasteiger charge is -2.24. The third-order valence-corrected chi connectivity index (χ3v) is 5.02. The summed E-state index contributed by atoms with van der Waals surface area (Å²) in [5.41, 5.74) is 0.444. The van der Waals surface area contributed by atoms with Crippen molar-refractivity contribution in [1.82, 2.24) is 0 Å². The molecule has 1 aliphatic rings. The number of aryl methyl sites for hydroxylation is 1. The summed E-state index contributed by atoms with van der Waals surface area (Å²) >= 11 is 0. The number of rotatable bonds is 6. The van der Waals surface area contributed by atoms with Crippen molar-refractivity contribution in [3.05, 3.63) is 67.8 Å². The van der Waals surface area contributed by atoms with E-state index >= 15 is 0 Å². The van der Waals surface area contributed by atoms with Crippen LogP contribution in [0.3, 0.4) is 0 Å². The first-order valence-electron chi connectivity index (χ1n) is 9.46. The van der Waals surface area contributed by atoms with Gasteiger partial charge in [-0.2, -0.15) is 0 Å². The van der Waals surface area contributed by atoms with Gasteiger partial charge in [0.1, 0.15) is 5.69 Å². The highest BCUT2D eigenvalue weighted by Crippen LogP contribution is 2.36. The predicted octanol–water partition coefficient (Wildman–Crippen LogP) is 4.81. The van der Waals surface area contributed by atoms with Gasteiger partial charge >= 0.3 is 0 Å². The van der Waals surface area contributed by atoms with Crippen LogP contribution >= 0.6 is 0 Å². The topological polar surface area (TPSA) is 127 Å². The van der Waals surface area contributed by atoms with Gasteiger partial charge in [-0.25, -0.2) is 0 Å². The first kappa shape index (κ1) is 20.2. The van der Waals surface area contributed by atoms with Crippen molar-refractivity contribution in [2.24, 2.45) is 0 Å². The molecule has 152 valence electrons. The summed E-state index contributed by atoms with van der Waals surface area (Å²) in [6, 6.07) is 8.99. The molecule has 1 aliphatic carbocycles. The van der Waals surface area contributed by atoms with Crippen molar-refractivity contribution in [1.29, 1.82) is 0 Å². The van der Waals surface area contributed by atoms with Crippen molar-refractivity contribution >= 4 is 28.7 Å². The number of hydrogen-bond donors (Lipinski definition) is 2. The minimum atomic E-state index is -0.736. The molecule has 3 rings (SSSR count). The van der Waals surface area contributed by atoms with E-state index in [1.807, 2.05) is 19.1 Å². The molecule has 0 saturated heterocycles. The van der Waals surface area contributed by atoms with Crippen molar-refractivity contribution in [3.8, 4) is 0 Å². The van der Waals surface area contributed by atoms with E-state index in [2.05, 4.69) is 10.6 Å². The second-order valence-electron chi connectivity index (χ2n) is 7.20. The lowest BCUT2D eigenvalue weighted by Crippen LogP contribution is -2.25. The summed E-state index contributed by atoms with van der Waals surface area (Å²) < 4.78 is 0. The molecular weight excluding hydrogens is 376 g/mol. The molecule has 0 aromatic heterocycles. The maximum atomic E-state index is 12.9. The minimum Gasteiger partial charge on any atom is -0.376 e. The summed E-state index contributed by atoms with van der Waals surface area (Å²) in [6.45, 7) is 1.90. The monoisotopic (exact) mass is 398 g/mol. The van der Waals surface area contributed by atoms with E-state index in [0.29, 0.717) is 5.69 Å². The number of nitrogens with one attached hydrogen (secondary N) is 2. The van der Waals surface area contributed by atoms with Gasteiger partial charge in [0.05, 0.1) is 21.5 Å². The molecule has 0 radical (unpaired) electrons. The highest BCUT2D eigenvalue weighted by atomic mass is 16.6. The van der Waals surface area contributed by atoms with Gasteiger partial charge in [-0.05, 0) is 31.9 Å². The van der Waals surface area contributed by atoms with Crippen LogP contribution in [0.4, 0.5) is 22.7 Å². The molecule has 0 aliphatic heterocycles. The molecule has 2 aromatic rings. The zero-order valence-corrected chi connectivity index (χ0v) is 16.0. The largest absolute Gasteiger partial charge is 0.376 e. The van der Waals surface area contributed by atoms with Crippen molar-refractivity contribution < 1.29 is 14.6 Å². The molecule has 0 atom stereocenters. The molecular formula is C20H22N4O5. The quantitative estimate of drug-likeness (QED) is 0.531. The molecule has 1 saturated carbocycles. The normalized spacial score (nSPS) is 14.2. The Bertz CT molecular complexity index is 937. The predicted molar refractivity (Wildman–Crippen MR) is 109 cm³/mol. The van der Waals surface area contributed by atoms with Crippen LogP contribution in [0, 0.1) is 27.2 Å². The van der Waals surface area contributed by atoms with Crippen LogP contribution in [0.15, 0.2) is 36.4 Å². The van der Waals surface area contributed by atoms with Gasteiger partial charge in [-0.15, -0.1) is 0 Å². The number of benzene rings is 2. The molecule has 0 bridgehead atoms. The van der Waals surface area contributed by atoms with E-state index in [1.165, 1.54) is 0 Å². The summed E-state index contributed by atoms with van der Waals surface area (Å²) in [4.78, 5) is 34.4. The maximum absolute atomic E-state index is 12.9. The third-order valence-electron chi connectivity index (χ3n) is 5.02. The first-order valence-corrected chi connectivity index (χ1v) is 9.46. The molecule has 9 heteroatoms. The van der Waals surface area contributed by atoms with E-state index in [0.717, 1.165) is 49.8 Å². The lowest BCUT2D eigenvalue weighted by molar-refractivity contribution is -0.393. The van der Waals surface area contributed by atoms with Crippen LogP contribution < -0.4 is 10.6 Å². The number of anilines is 2. The van der Waals surface area contributed by atoms with Gasteiger partial charge in [0.25, 0.3) is 17.3 Å². The molecule has 9 nitrogen and oxygen atoms in total. The number of carbonyl (C=O) groups is 1. The molecule has 0 unspecified atom stereocenters. The van der Waals surface area contributed by atoms with Gasteiger partial charge in [-0.1, -0.05) is 37.0 Å². The summed E-state index contributed by atoms with van der Waals surface area (Å²) in [6.07, 6.45) is 4.73. The summed E-state index contributed by atoms with van der Waals surface area (Å²) in [7, 11) is 0. The highest BCUT2D eigenvalue weighted by Gasteiger charge is 2.29. The molecule has 0 spiro atoms. The number of hydrogen-bond acceptors (Lipinski definition) is 6. The number of nitrogens with zero attached hydrogens (tertiary/aromatic N) is 2. The Morgan fingerprint density at radius 3 is 2.24 bits per heavy atom. The van der Waals surface area contributed by atoms with Gasteiger partial charge in [-0.3, -0.25) is 25.0 Å². The second-order valence-corrected chi connectivity index (χ2v) is 7.20. The molecule has 1 fully saturated rings. The fraction of sp³-hybridized carbons (Fsp3) is 0.350. The molecule has 1 amide bonds. The standard InChI is InChI=1S/C20H22N4O5/c1-13-7-9-15(10-8-13)22-20(25)17-11-16(23(26)27)12-18(24(28)29)19(17)21-14-5-3-2-4-6-14/h7-12,14,21H,2-6H2,1H3,(H,22,25). The average molecular weight is 398 g/mol. The number of carbonyl (C=O) groups excluding carboxylic acids is 1. The van der Waals surface area contributed by atoms with Crippen molar-refractivity contribution in [3.63, 3.8) is 0 Å². The highest BCUT2D eigenvalue weighted by molar-refractivity contribution is 6.10. The smallest absolute Gasteiger partial charge is 0.300 e. The van der Waals surface area contributed by atoms with Crippen LogP contribution in [-0.4, -0.2) is 21.8 Å². The summed E-state index contributed by atoms with van der Waals surface area (Å²) in [5.74, 6) is -0.640. The molecule has 2 N–H and O–H groups in total. The molecule has 0 heterocycles. The Kier molecular flexibility index (Phi) is 6.06. The second kappa shape index (κ2) is 8.68. The van der Waals surface area contributed by atoms with E-state index in [4.69, 9.17) is 0 Å². The Balaban J connectivity index is 2.02. The third kappa shape index (κ3) is 4.87. The zero-order chi connectivity index (χ0) is 21.0. The fourth-order valence-electron chi connectivity index (χ4n) is 3.48. The molecule has 2 aromatic carbocycles. The van der Waals surface area contributed by atoms with Gasteiger partial charge in [0.2, 0.25) is 0 Å². The lowest BCUT2D eigenvalue weighted by atomic mass is 9.94. The van der Waals surface area contributed by atoms with Crippen LogP contribution in [0.25, 0.3) is 0 Å². The van der Waals surface area contributed by atoms with Crippen LogP contribution in [0.2, 0.25) is 0 Å². The fourth-order valence-corrected chi connectivity index (χ4v) is 3.48. The van der Waals surface area contributed by atoms with Crippen LogP contribution in [0.5, 0.6) is 0 Å². The number of nitro groups is 2. The Morgan fingerprint density at radius 1 is 1.00 bits per heavy atom. The van der Waals surface area contributed by atoms with Crippen molar-refractivity contribution in [2.75, 3.05) is 10.6 Å². The Morgan fingerprint density at radius 2 is 1.66 bits per heavy atom. The Hall–Kier alpha value is -3.49. The van der Waals surface area contributed by atoms with Crippen molar-refractivity contribution in [2.45, 2.75) is 45.1 Å². The maximum Gasteiger partial charge on any atom is 0.300 e. The first-order chi connectivity index (χ1) is 13.8. The SMILES string of the molecule is Cc1ccc(NC(=O)c2cc([N+](=O)[O-])cc([N+](=O)[O-])c2NC2CCCCC2)cc1. The van der Waals surface area contributed by atoms with Crippen LogP contribution in [0.1, 0.15) is 48.0 Å². The van der Waals surface area contributed by atoms with Crippen LogP contribution in [-0.2, 0) is 0 Å². The number of nitro benzene ring substituents is 2. The number of amides is 1. The zero-order valence-electron chi connectivity index (χ0n) is 16.0. The minimum absolute atomic E-state index is 0.0187. The van der Waals surface area contributed by atoms with Gasteiger partial charge < -0.3 is 10.6 Å². The van der Waals surface area contributed by atoms with E-state index in [-0.39, 0.29) is 17.3 Å². The number of non-ortho nitro benzene ring substituents is 1. The van der Waals surface area contributed by atoms with E-state index in [9.17, 15) is 25.0 Å². The van der Waals surface area contributed by atoms with E-state index < -0.39 is 27.1 Å². The Labute approximate surface area is 167 Å². The summed E-state index contributed by atoms with van der Waals surface area (Å²) in [5, 5.41) is 28.7. The molecule has 29 heavy (non-hydrogen) atoms. The van der Waals surface area contributed by atoms with Gasteiger partial charge in [0.15, 0.2) is 0 Å².